The Kier molecular flexibility index (Phi) is 3.26. The number of nitrogens with zero attached hydrogens (tertiary/aromatic N) is 4. The molecule has 0 fully saturated rings. The van der Waals surface area contributed by atoms with Gasteiger partial charge in [-0.3, -0.25) is 5.10 Å². The van der Waals surface area contributed by atoms with Gasteiger partial charge in [0.1, 0.15) is 6.33 Å². The maximum atomic E-state index is 10.3. The van der Waals surface area contributed by atoms with Gasteiger partial charge in [-0.25, -0.2) is 4.98 Å². The Bertz CT molecular complexity index is 665. The van der Waals surface area contributed by atoms with Gasteiger partial charge in [0.15, 0.2) is 5.82 Å². The van der Waals surface area contributed by atoms with Crippen molar-refractivity contribution in [3.8, 4) is 11.6 Å². The first-order valence-corrected chi connectivity index (χ1v) is 6.18. The van der Waals surface area contributed by atoms with Crippen LogP contribution in [0.4, 0.5) is 0 Å². The molecule has 0 bridgehead atoms. The summed E-state index contributed by atoms with van der Waals surface area (Å²) in [5.74, 6) is 0.792. The summed E-state index contributed by atoms with van der Waals surface area (Å²) in [6, 6.07) is 9.36. The van der Waals surface area contributed by atoms with E-state index in [0.717, 1.165) is 5.56 Å². The number of nitrogens with one attached hydrogen (secondary N) is 1. The van der Waals surface area contributed by atoms with Crippen LogP contribution >= 0.6 is 0 Å². The molecule has 20 heavy (non-hydrogen) atoms. The van der Waals surface area contributed by atoms with E-state index in [4.69, 9.17) is 4.52 Å². The highest BCUT2D eigenvalue weighted by molar-refractivity contribution is 5.39. The van der Waals surface area contributed by atoms with E-state index in [9.17, 15) is 5.11 Å². The van der Waals surface area contributed by atoms with Crippen LogP contribution in [0.2, 0.25) is 0 Å². The lowest BCUT2D eigenvalue weighted by Crippen LogP contribution is -2.08. The predicted octanol–water partition coefficient (Wildman–Crippen LogP) is 1.69. The van der Waals surface area contributed by atoms with E-state index in [1.807, 2.05) is 37.3 Å². The first-order valence-electron chi connectivity index (χ1n) is 6.18. The number of hydrogen-bond acceptors (Lipinski definition) is 6. The molecule has 0 aliphatic rings. The highest BCUT2D eigenvalue weighted by atomic mass is 16.5. The van der Waals surface area contributed by atoms with Crippen molar-refractivity contribution in [1.29, 1.82) is 0 Å². The van der Waals surface area contributed by atoms with E-state index >= 15 is 0 Å². The number of aliphatic hydroxyl groups is 1. The van der Waals surface area contributed by atoms with Crippen molar-refractivity contribution in [1.82, 2.24) is 25.3 Å². The Hall–Kier alpha value is -2.54. The third-order valence-corrected chi connectivity index (χ3v) is 3.07. The van der Waals surface area contributed by atoms with Gasteiger partial charge in [0.2, 0.25) is 11.7 Å². The molecule has 2 heterocycles. The highest BCUT2D eigenvalue weighted by Gasteiger charge is 2.24. The summed E-state index contributed by atoms with van der Waals surface area (Å²) in [5.41, 5.74) is 0.805. The van der Waals surface area contributed by atoms with Crippen LogP contribution in [0.1, 0.15) is 30.4 Å². The smallest absolute Gasteiger partial charge is 0.239 e. The number of hydrogen-bond donors (Lipinski definition) is 2. The average Bonchev–Trinajstić information content (AvgIpc) is 3.17. The Labute approximate surface area is 114 Å². The molecule has 0 aliphatic heterocycles. The summed E-state index contributed by atoms with van der Waals surface area (Å²) >= 11 is 0. The van der Waals surface area contributed by atoms with Gasteiger partial charge in [0, 0.05) is 0 Å². The molecule has 0 amide bonds. The third kappa shape index (κ3) is 2.30. The SMILES string of the molecule is CC(c1nc(-c2ncn[nH]2)no1)C(O)c1ccccc1. The quantitative estimate of drug-likeness (QED) is 0.748. The monoisotopic (exact) mass is 271 g/mol. The van der Waals surface area contributed by atoms with E-state index in [1.54, 1.807) is 0 Å². The van der Waals surface area contributed by atoms with Gasteiger partial charge >= 0.3 is 0 Å². The minimum Gasteiger partial charge on any atom is -0.388 e. The lowest BCUT2D eigenvalue weighted by Gasteiger charge is -2.15. The number of aromatic nitrogens is 5. The molecule has 2 atom stereocenters. The van der Waals surface area contributed by atoms with Crippen LogP contribution in [-0.2, 0) is 0 Å². The van der Waals surface area contributed by atoms with Crippen LogP contribution in [0.25, 0.3) is 11.6 Å². The fraction of sp³-hybridized carbons (Fsp3) is 0.231. The van der Waals surface area contributed by atoms with Gasteiger partial charge in [-0.1, -0.05) is 42.4 Å². The van der Waals surface area contributed by atoms with Crippen LogP contribution in [0, 0.1) is 0 Å². The number of benzene rings is 1. The molecule has 0 saturated heterocycles. The Morgan fingerprint density at radius 1 is 1.25 bits per heavy atom. The van der Waals surface area contributed by atoms with Crippen molar-refractivity contribution in [2.75, 3.05) is 0 Å². The molecule has 0 spiro atoms. The lowest BCUT2D eigenvalue weighted by atomic mass is 9.97. The molecule has 2 N–H and O–H groups in total. The molecule has 0 radical (unpaired) electrons. The van der Waals surface area contributed by atoms with E-state index in [2.05, 4.69) is 25.3 Å². The van der Waals surface area contributed by atoms with E-state index < -0.39 is 6.10 Å². The fourth-order valence-corrected chi connectivity index (χ4v) is 1.90. The van der Waals surface area contributed by atoms with Crippen molar-refractivity contribution in [2.24, 2.45) is 0 Å². The summed E-state index contributed by atoms with van der Waals surface area (Å²) in [7, 11) is 0. The van der Waals surface area contributed by atoms with Crippen LogP contribution < -0.4 is 0 Å². The Balaban J connectivity index is 1.82. The normalized spacial score (nSPS) is 14.1. The van der Waals surface area contributed by atoms with Gasteiger partial charge in [-0.15, -0.1) is 0 Å². The molecule has 2 unspecified atom stereocenters. The second kappa shape index (κ2) is 5.22. The molecule has 7 nitrogen and oxygen atoms in total. The van der Waals surface area contributed by atoms with Crippen molar-refractivity contribution >= 4 is 0 Å². The predicted molar refractivity (Wildman–Crippen MR) is 69.5 cm³/mol. The van der Waals surface area contributed by atoms with E-state index in [-0.39, 0.29) is 5.92 Å². The summed E-state index contributed by atoms with van der Waals surface area (Å²) in [4.78, 5) is 8.18. The molecule has 2 aromatic heterocycles. The molecular weight excluding hydrogens is 258 g/mol. The summed E-state index contributed by atoms with van der Waals surface area (Å²) in [6.45, 7) is 1.83. The number of H-pyrrole nitrogens is 1. The zero-order valence-electron chi connectivity index (χ0n) is 10.8. The average molecular weight is 271 g/mol. The second-order valence-corrected chi connectivity index (χ2v) is 4.43. The zero-order chi connectivity index (χ0) is 13.9. The number of rotatable bonds is 4. The van der Waals surface area contributed by atoms with E-state index in [1.165, 1.54) is 6.33 Å². The molecule has 7 heteroatoms. The maximum Gasteiger partial charge on any atom is 0.239 e. The van der Waals surface area contributed by atoms with Gasteiger partial charge in [0.05, 0.1) is 12.0 Å². The highest BCUT2D eigenvalue weighted by Crippen LogP contribution is 2.29. The molecule has 0 saturated carbocycles. The Morgan fingerprint density at radius 3 is 2.75 bits per heavy atom. The first kappa shape index (κ1) is 12.5. The molecule has 1 aromatic carbocycles. The molecule has 3 aromatic rings. The van der Waals surface area contributed by atoms with Crippen molar-refractivity contribution in [3.05, 3.63) is 48.1 Å². The van der Waals surface area contributed by atoms with Gasteiger partial charge in [-0.2, -0.15) is 10.1 Å². The van der Waals surface area contributed by atoms with Crippen LogP contribution in [0.5, 0.6) is 0 Å². The lowest BCUT2D eigenvalue weighted by molar-refractivity contribution is 0.135. The largest absolute Gasteiger partial charge is 0.388 e. The minimum atomic E-state index is -0.709. The first-order chi connectivity index (χ1) is 9.75. The summed E-state index contributed by atoms with van der Waals surface area (Å²) < 4.78 is 5.18. The fourth-order valence-electron chi connectivity index (χ4n) is 1.90. The van der Waals surface area contributed by atoms with Crippen LogP contribution in [0.15, 0.2) is 41.2 Å². The maximum absolute atomic E-state index is 10.3. The van der Waals surface area contributed by atoms with Crippen molar-refractivity contribution in [2.45, 2.75) is 18.9 Å². The Morgan fingerprint density at radius 2 is 2.05 bits per heavy atom. The molecular formula is C13H13N5O2. The number of aromatic amines is 1. The topological polar surface area (TPSA) is 101 Å². The van der Waals surface area contributed by atoms with Gasteiger partial charge in [0.25, 0.3) is 0 Å². The summed E-state index contributed by atoms with van der Waals surface area (Å²) in [5, 5.41) is 20.5. The third-order valence-electron chi connectivity index (χ3n) is 3.07. The molecule has 0 aliphatic carbocycles. The van der Waals surface area contributed by atoms with Crippen molar-refractivity contribution in [3.63, 3.8) is 0 Å². The van der Waals surface area contributed by atoms with Crippen molar-refractivity contribution < 1.29 is 9.63 Å². The van der Waals surface area contributed by atoms with Gasteiger partial charge in [-0.05, 0) is 5.56 Å². The molecule has 102 valence electrons. The van der Waals surface area contributed by atoms with Gasteiger partial charge < -0.3 is 9.63 Å². The molecule has 3 rings (SSSR count). The minimum absolute atomic E-state index is 0.318. The zero-order valence-corrected chi connectivity index (χ0v) is 10.8. The standard InChI is InChI=1S/C13H13N5O2/c1-8(10(19)9-5-3-2-4-6-9)13-16-12(18-20-13)11-14-7-15-17-11/h2-8,10,19H,1H3,(H,14,15,17). The second-order valence-electron chi connectivity index (χ2n) is 4.43. The van der Waals surface area contributed by atoms with Crippen LogP contribution in [0.3, 0.4) is 0 Å². The van der Waals surface area contributed by atoms with E-state index in [0.29, 0.717) is 17.5 Å². The van der Waals surface area contributed by atoms with Crippen LogP contribution in [-0.4, -0.2) is 30.4 Å². The number of aliphatic hydroxyl groups excluding tert-OH is 1. The summed E-state index contributed by atoms with van der Waals surface area (Å²) in [6.07, 6.45) is 0.660.